The molecule has 1 saturated heterocycles. The molecule has 4 amide bonds. The number of rotatable bonds is 9. The van der Waals surface area contributed by atoms with E-state index in [2.05, 4.69) is 16.0 Å². The molecule has 11 heteroatoms. The number of anilines is 1. The molecular formula is C22H32N4O5S2. The first-order valence-corrected chi connectivity index (χ1v) is 13.2. The number of esters is 1. The average molecular weight is 497 g/mol. The van der Waals surface area contributed by atoms with Gasteiger partial charge in [0.2, 0.25) is 11.8 Å². The van der Waals surface area contributed by atoms with Gasteiger partial charge in [-0.2, -0.15) is 11.8 Å². The highest BCUT2D eigenvalue weighted by Crippen LogP contribution is 2.22. The number of likely N-dealkylation sites (tertiary alicyclic amines) is 1. The molecular weight excluding hydrogens is 464 g/mol. The fourth-order valence-corrected chi connectivity index (χ4v) is 4.53. The van der Waals surface area contributed by atoms with E-state index >= 15 is 0 Å². The molecule has 3 N–H and O–H groups in total. The Labute approximate surface area is 203 Å². The third-order valence-electron chi connectivity index (χ3n) is 5.32. The van der Waals surface area contributed by atoms with E-state index < -0.39 is 36.0 Å². The van der Waals surface area contributed by atoms with Crippen molar-refractivity contribution in [1.82, 2.24) is 15.5 Å². The molecule has 182 valence electrons. The number of methoxy groups -OCH3 is 1. The van der Waals surface area contributed by atoms with Crippen LogP contribution < -0.4 is 16.0 Å². The van der Waals surface area contributed by atoms with Crippen molar-refractivity contribution >= 4 is 53.0 Å². The lowest BCUT2D eigenvalue weighted by molar-refractivity contribution is -0.147. The Morgan fingerprint density at radius 1 is 1.21 bits per heavy atom. The lowest BCUT2D eigenvalue weighted by Gasteiger charge is -2.30. The number of carbonyl (C=O) groups excluding carboxylic acids is 4. The Kier molecular flexibility index (Phi) is 10.4. The fourth-order valence-electron chi connectivity index (χ4n) is 3.65. The zero-order valence-electron chi connectivity index (χ0n) is 19.5. The van der Waals surface area contributed by atoms with Crippen molar-refractivity contribution in [2.75, 3.05) is 37.2 Å². The number of thioether (sulfide) groups is 2. The van der Waals surface area contributed by atoms with Gasteiger partial charge in [0, 0.05) is 17.1 Å². The SMILES string of the molecule is COC(=O)C(NC(=O)C1C(NC(=O)Nc2cccc(SC)c2)CCN1C(=O)CSC)C(C)C. The largest absolute Gasteiger partial charge is 0.467 e. The lowest BCUT2D eigenvalue weighted by atomic mass is 10.0. The van der Waals surface area contributed by atoms with E-state index in [9.17, 15) is 19.2 Å². The molecule has 1 aliphatic heterocycles. The first kappa shape index (κ1) is 26.8. The molecule has 2 rings (SSSR count). The molecule has 0 aliphatic carbocycles. The first-order chi connectivity index (χ1) is 15.7. The van der Waals surface area contributed by atoms with E-state index in [1.165, 1.54) is 23.8 Å². The van der Waals surface area contributed by atoms with Crippen LogP contribution in [0.1, 0.15) is 20.3 Å². The van der Waals surface area contributed by atoms with Gasteiger partial charge in [0.1, 0.15) is 12.1 Å². The molecule has 1 aromatic carbocycles. The Hall–Kier alpha value is -2.40. The monoisotopic (exact) mass is 496 g/mol. The molecule has 0 saturated carbocycles. The van der Waals surface area contributed by atoms with Gasteiger partial charge in [-0.05, 0) is 43.0 Å². The molecule has 0 bridgehead atoms. The number of nitrogens with one attached hydrogen (secondary N) is 3. The Morgan fingerprint density at radius 3 is 2.55 bits per heavy atom. The molecule has 1 heterocycles. The number of hydrogen-bond acceptors (Lipinski definition) is 7. The summed E-state index contributed by atoms with van der Waals surface area (Å²) in [6, 6.07) is 4.54. The normalized spacial score (nSPS) is 18.5. The van der Waals surface area contributed by atoms with Crippen LogP contribution in [0.4, 0.5) is 10.5 Å². The van der Waals surface area contributed by atoms with Crippen LogP contribution >= 0.6 is 23.5 Å². The van der Waals surface area contributed by atoms with Crippen molar-refractivity contribution in [3.05, 3.63) is 24.3 Å². The molecule has 9 nitrogen and oxygen atoms in total. The predicted molar refractivity (Wildman–Crippen MR) is 131 cm³/mol. The van der Waals surface area contributed by atoms with Crippen LogP contribution in [0.2, 0.25) is 0 Å². The van der Waals surface area contributed by atoms with E-state index in [4.69, 9.17) is 4.74 Å². The minimum atomic E-state index is -0.932. The first-order valence-electron chi connectivity index (χ1n) is 10.6. The van der Waals surface area contributed by atoms with Gasteiger partial charge in [-0.15, -0.1) is 11.8 Å². The summed E-state index contributed by atoms with van der Waals surface area (Å²) in [4.78, 5) is 53.2. The van der Waals surface area contributed by atoms with Gasteiger partial charge in [0.05, 0.1) is 18.9 Å². The summed E-state index contributed by atoms with van der Waals surface area (Å²) in [6.45, 7) is 3.91. The summed E-state index contributed by atoms with van der Waals surface area (Å²) in [5, 5.41) is 8.33. The number of ether oxygens (including phenoxy) is 1. The quantitative estimate of drug-likeness (QED) is 0.354. The van der Waals surface area contributed by atoms with E-state index in [1.807, 2.05) is 24.5 Å². The van der Waals surface area contributed by atoms with Crippen molar-refractivity contribution in [2.45, 2.75) is 43.3 Å². The molecule has 33 heavy (non-hydrogen) atoms. The van der Waals surface area contributed by atoms with Gasteiger partial charge < -0.3 is 25.6 Å². The Morgan fingerprint density at radius 2 is 1.94 bits per heavy atom. The highest BCUT2D eigenvalue weighted by molar-refractivity contribution is 7.99. The highest BCUT2D eigenvalue weighted by atomic mass is 32.2. The number of hydrogen-bond donors (Lipinski definition) is 3. The number of amides is 4. The van der Waals surface area contributed by atoms with Gasteiger partial charge in [-0.1, -0.05) is 19.9 Å². The maximum atomic E-state index is 13.2. The molecule has 0 spiro atoms. The van der Waals surface area contributed by atoms with Gasteiger partial charge in [0.25, 0.3) is 0 Å². The van der Waals surface area contributed by atoms with Crippen molar-refractivity contribution in [1.29, 1.82) is 0 Å². The summed E-state index contributed by atoms with van der Waals surface area (Å²) in [6.07, 6.45) is 4.17. The second-order valence-corrected chi connectivity index (χ2v) is 9.69. The highest BCUT2D eigenvalue weighted by Gasteiger charge is 2.43. The van der Waals surface area contributed by atoms with Gasteiger partial charge in [-0.25, -0.2) is 9.59 Å². The van der Waals surface area contributed by atoms with Crippen LogP contribution in [0, 0.1) is 5.92 Å². The third-order valence-corrected chi connectivity index (χ3v) is 6.58. The maximum Gasteiger partial charge on any atom is 0.328 e. The second kappa shape index (κ2) is 12.7. The zero-order chi connectivity index (χ0) is 24.5. The second-order valence-electron chi connectivity index (χ2n) is 7.94. The number of urea groups is 1. The van der Waals surface area contributed by atoms with Crippen molar-refractivity contribution in [2.24, 2.45) is 5.92 Å². The average Bonchev–Trinajstić information content (AvgIpc) is 3.20. The molecule has 0 radical (unpaired) electrons. The van der Waals surface area contributed by atoms with Gasteiger partial charge in [0.15, 0.2) is 0 Å². The summed E-state index contributed by atoms with van der Waals surface area (Å²) in [5.41, 5.74) is 0.624. The van der Waals surface area contributed by atoms with E-state index in [-0.39, 0.29) is 17.6 Å². The van der Waals surface area contributed by atoms with Crippen molar-refractivity contribution < 1.29 is 23.9 Å². The number of carbonyl (C=O) groups is 4. The third kappa shape index (κ3) is 7.29. The predicted octanol–water partition coefficient (Wildman–Crippen LogP) is 2.18. The Bertz CT molecular complexity index is 867. The zero-order valence-corrected chi connectivity index (χ0v) is 21.2. The number of benzene rings is 1. The topological polar surface area (TPSA) is 117 Å². The smallest absolute Gasteiger partial charge is 0.328 e. The van der Waals surface area contributed by atoms with Crippen LogP contribution in [0.3, 0.4) is 0 Å². The molecule has 1 aromatic rings. The molecule has 1 aliphatic rings. The van der Waals surface area contributed by atoms with E-state index in [1.54, 1.807) is 37.9 Å². The van der Waals surface area contributed by atoms with E-state index in [0.717, 1.165) is 4.90 Å². The van der Waals surface area contributed by atoms with Crippen molar-refractivity contribution in [3.8, 4) is 0 Å². The molecule has 1 fully saturated rings. The fraction of sp³-hybridized carbons (Fsp3) is 0.545. The van der Waals surface area contributed by atoms with Gasteiger partial charge in [-0.3, -0.25) is 9.59 Å². The maximum absolute atomic E-state index is 13.2. The van der Waals surface area contributed by atoms with Gasteiger partial charge >= 0.3 is 12.0 Å². The van der Waals surface area contributed by atoms with E-state index in [0.29, 0.717) is 18.7 Å². The lowest BCUT2D eigenvalue weighted by Crippen LogP contribution is -2.58. The minimum absolute atomic E-state index is 0.195. The standard InChI is InChI=1S/C22H32N4O5S2/c1-13(2)18(21(29)31-3)25-20(28)19-16(9-10-26(19)17(27)12-32-4)24-22(30)23-14-7-6-8-15(11-14)33-5/h6-8,11,13,16,18-19H,9-10,12H2,1-5H3,(H,25,28)(H2,23,24,30). The van der Waals surface area contributed by atoms with Crippen LogP contribution in [0.5, 0.6) is 0 Å². The minimum Gasteiger partial charge on any atom is -0.467 e. The van der Waals surface area contributed by atoms with Crippen LogP contribution in [-0.4, -0.2) is 78.8 Å². The summed E-state index contributed by atoms with van der Waals surface area (Å²) in [5.74, 6) is -1.25. The molecule has 0 aromatic heterocycles. The van der Waals surface area contributed by atoms with Crippen molar-refractivity contribution in [3.63, 3.8) is 0 Å². The van der Waals surface area contributed by atoms with Crippen LogP contribution in [0.25, 0.3) is 0 Å². The summed E-state index contributed by atoms with van der Waals surface area (Å²) < 4.78 is 4.81. The van der Waals surface area contributed by atoms with Crippen LogP contribution in [-0.2, 0) is 19.1 Å². The van der Waals surface area contributed by atoms with Crippen LogP contribution in [0.15, 0.2) is 29.2 Å². The molecule has 3 atom stereocenters. The number of nitrogens with zero attached hydrogens (tertiary/aromatic N) is 1. The molecule has 3 unspecified atom stereocenters. The summed E-state index contributed by atoms with van der Waals surface area (Å²) >= 11 is 2.92. The summed E-state index contributed by atoms with van der Waals surface area (Å²) in [7, 11) is 1.26. The Balaban J connectivity index is 2.18.